The van der Waals surface area contributed by atoms with Crippen LogP contribution in [0, 0.1) is 0 Å². The first-order valence-electron chi connectivity index (χ1n) is 10.8. The largest absolute Gasteiger partial charge is 0.494 e. The molecule has 0 saturated heterocycles. The first-order chi connectivity index (χ1) is 16.1. The number of thioether (sulfide) groups is 1. The van der Waals surface area contributed by atoms with Crippen molar-refractivity contribution in [1.82, 2.24) is 19.5 Å². The molecule has 0 unspecified atom stereocenters. The van der Waals surface area contributed by atoms with Gasteiger partial charge in [-0.2, -0.15) is 5.10 Å². The molecule has 0 aliphatic heterocycles. The van der Waals surface area contributed by atoms with E-state index in [1.54, 1.807) is 39.3 Å². The zero-order valence-corrected chi connectivity index (χ0v) is 19.5. The molecule has 0 spiro atoms. The fourth-order valence-corrected chi connectivity index (χ4v) is 3.89. The van der Waals surface area contributed by atoms with Crippen LogP contribution < -0.4 is 15.6 Å². The summed E-state index contributed by atoms with van der Waals surface area (Å²) in [6, 6.07) is 17.5. The van der Waals surface area contributed by atoms with E-state index in [1.807, 2.05) is 61.7 Å². The van der Waals surface area contributed by atoms with Gasteiger partial charge >= 0.3 is 0 Å². The van der Waals surface area contributed by atoms with Crippen molar-refractivity contribution < 1.29 is 9.53 Å². The lowest BCUT2D eigenvalue weighted by molar-refractivity contribution is -0.121. The molecule has 0 radical (unpaired) electrons. The van der Waals surface area contributed by atoms with Gasteiger partial charge in [-0.05, 0) is 61.2 Å². The van der Waals surface area contributed by atoms with Crippen LogP contribution in [0.2, 0.25) is 0 Å². The third-order valence-corrected chi connectivity index (χ3v) is 6.04. The molecule has 0 aliphatic carbocycles. The van der Waals surface area contributed by atoms with Gasteiger partial charge in [-0.3, -0.25) is 9.59 Å². The van der Waals surface area contributed by atoms with Gasteiger partial charge in [0, 0.05) is 42.4 Å². The number of nitrogens with zero attached hydrogens (tertiary/aromatic N) is 3. The number of fused-ring (bicyclic) bond motifs is 1. The fraction of sp³-hybridized carbons (Fsp3) is 0.240. The Bertz CT molecular complexity index is 1290. The van der Waals surface area contributed by atoms with E-state index in [2.05, 4.69) is 10.4 Å². The maximum atomic E-state index is 12.9. The van der Waals surface area contributed by atoms with Crippen LogP contribution in [0.1, 0.15) is 18.9 Å². The van der Waals surface area contributed by atoms with Gasteiger partial charge in [-0.15, -0.1) is 11.8 Å². The Labute approximate surface area is 196 Å². The van der Waals surface area contributed by atoms with Crippen LogP contribution in [0.5, 0.6) is 5.75 Å². The second kappa shape index (κ2) is 10.4. The molecule has 8 heteroatoms. The highest BCUT2D eigenvalue weighted by Crippen LogP contribution is 2.22. The minimum Gasteiger partial charge on any atom is -0.494 e. The quantitative estimate of drug-likeness (QED) is 0.381. The van der Waals surface area contributed by atoms with Crippen molar-refractivity contribution in [3.05, 3.63) is 82.9 Å². The molecule has 0 atom stereocenters. The SMILES string of the molecule is CCOc1ccc(-c2cc3c(=O)n(CCC(=O)NCc4ccc(SC)cc4)ccn3n2)cc1. The van der Waals surface area contributed by atoms with Crippen molar-refractivity contribution in [3.8, 4) is 17.0 Å². The zero-order valence-electron chi connectivity index (χ0n) is 18.7. The number of ether oxygens (including phenoxy) is 1. The minimum absolute atomic E-state index is 0.0979. The first kappa shape index (κ1) is 22.7. The molecule has 0 fully saturated rings. The van der Waals surface area contributed by atoms with E-state index in [0.717, 1.165) is 16.9 Å². The van der Waals surface area contributed by atoms with Gasteiger partial charge in [-0.25, -0.2) is 4.52 Å². The molecule has 2 aromatic carbocycles. The summed E-state index contributed by atoms with van der Waals surface area (Å²) in [5, 5.41) is 7.43. The first-order valence-corrected chi connectivity index (χ1v) is 12.0. The van der Waals surface area contributed by atoms with Crippen LogP contribution in [0.25, 0.3) is 16.8 Å². The average molecular weight is 463 g/mol. The predicted molar refractivity (Wildman–Crippen MR) is 131 cm³/mol. The van der Waals surface area contributed by atoms with E-state index in [-0.39, 0.29) is 17.9 Å². The molecule has 1 N–H and O–H groups in total. The van der Waals surface area contributed by atoms with Crippen LogP contribution in [0.15, 0.2) is 76.7 Å². The van der Waals surface area contributed by atoms with Gasteiger partial charge in [0.2, 0.25) is 5.91 Å². The topological polar surface area (TPSA) is 77.6 Å². The molecule has 33 heavy (non-hydrogen) atoms. The molecular formula is C25H26N4O3S. The number of aryl methyl sites for hydroxylation is 1. The number of aromatic nitrogens is 3. The van der Waals surface area contributed by atoms with E-state index in [4.69, 9.17) is 4.74 Å². The molecule has 170 valence electrons. The smallest absolute Gasteiger partial charge is 0.276 e. The van der Waals surface area contributed by atoms with Gasteiger partial charge in [-0.1, -0.05) is 12.1 Å². The normalized spacial score (nSPS) is 11.0. The molecule has 4 aromatic rings. The van der Waals surface area contributed by atoms with Gasteiger partial charge in [0.15, 0.2) is 0 Å². The lowest BCUT2D eigenvalue weighted by atomic mass is 10.1. The molecule has 7 nitrogen and oxygen atoms in total. The van der Waals surface area contributed by atoms with Gasteiger partial charge in [0.25, 0.3) is 5.56 Å². The number of benzene rings is 2. The van der Waals surface area contributed by atoms with E-state index < -0.39 is 0 Å². The Hall–Kier alpha value is -3.52. The van der Waals surface area contributed by atoms with Crippen LogP contribution in [-0.4, -0.2) is 33.0 Å². The highest BCUT2D eigenvalue weighted by atomic mass is 32.2. The Morgan fingerprint density at radius 1 is 1.09 bits per heavy atom. The summed E-state index contributed by atoms with van der Waals surface area (Å²) in [6.45, 7) is 3.32. The van der Waals surface area contributed by atoms with Gasteiger partial charge in [0.1, 0.15) is 11.3 Å². The number of amides is 1. The van der Waals surface area contributed by atoms with Crippen molar-refractivity contribution in [1.29, 1.82) is 0 Å². The summed E-state index contributed by atoms with van der Waals surface area (Å²) in [6.07, 6.45) is 5.65. The number of carbonyl (C=O) groups excluding carboxylic acids is 1. The highest BCUT2D eigenvalue weighted by molar-refractivity contribution is 7.98. The standard InChI is InChI=1S/C25H26N4O3S/c1-3-32-20-8-6-19(7-9-20)22-16-23-25(31)28(14-15-29(23)27-22)13-12-24(30)26-17-18-4-10-21(33-2)11-5-18/h4-11,14-16H,3,12-13,17H2,1-2H3,(H,26,30). The summed E-state index contributed by atoms with van der Waals surface area (Å²) >= 11 is 1.68. The lowest BCUT2D eigenvalue weighted by Crippen LogP contribution is -2.27. The van der Waals surface area contributed by atoms with Crippen molar-refractivity contribution in [2.75, 3.05) is 12.9 Å². The second-order valence-electron chi connectivity index (χ2n) is 7.49. The maximum absolute atomic E-state index is 12.9. The number of hydrogen-bond acceptors (Lipinski definition) is 5. The number of hydrogen-bond donors (Lipinski definition) is 1. The van der Waals surface area contributed by atoms with E-state index in [0.29, 0.717) is 30.9 Å². The Balaban J connectivity index is 1.40. The van der Waals surface area contributed by atoms with Crippen LogP contribution in [-0.2, 0) is 17.9 Å². The highest BCUT2D eigenvalue weighted by Gasteiger charge is 2.11. The summed E-state index contributed by atoms with van der Waals surface area (Å²) in [7, 11) is 0. The molecule has 0 bridgehead atoms. The molecule has 0 saturated carbocycles. The van der Waals surface area contributed by atoms with Crippen molar-refractivity contribution in [2.45, 2.75) is 31.3 Å². The summed E-state index contributed by atoms with van der Waals surface area (Å²) in [5.74, 6) is 0.696. The van der Waals surface area contributed by atoms with Crippen molar-refractivity contribution >= 4 is 23.2 Å². The summed E-state index contributed by atoms with van der Waals surface area (Å²) in [4.78, 5) is 26.4. The monoisotopic (exact) mass is 462 g/mol. The third-order valence-electron chi connectivity index (χ3n) is 5.29. The van der Waals surface area contributed by atoms with Crippen LogP contribution >= 0.6 is 11.8 Å². The fourth-order valence-electron chi connectivity index (χ4n) is 3.49. The number of rotatable bonds is 9. The Morgan fingerprint density at radius 2 is 1.85 bits per heavy atom. The number of nitrogens with one attached hydrogen (secondary N) is 1. The molecule has 2 heterocycles. The summed E-state index contributed by atoms with van der Waals surface area (Å²) in [5.41, 5.74) is 2.94. The van der Waals surface area contributed by atoms with Crippen molar-refractivity contribution in [3.63, 3.8) is 0 Å². The molecule has 1 amide bonds. The van der Waals surface area contributed by atoms with Crippen LogP contribution in [0.3, 0.4) is 0 Å². The van der Waals surface area contributed by atoms with E-state index in [9.17, 15) is 9.59 Å². The predicted octanol–water partition coefficient (Wildman–Crippen LogP) is 3.99. The van der Waals surface area contributed by atoms with Crippen LogP contribution in [0.4, 0.5) is 0 Å². The maximum Gasteiger partial charge on any atom is 0.276 e. The molecule has 2 aromatic heterocycles. The summed E-state index contributed by atoms with van der Waals surface area (Å²) < 4.78 is 8.60. The Morgan fingerprint density at radius 3 is 2.55 bits per heavy atom. The van der Waals surface area contributed by atoms with Crippen molar-refractivity contribution in [2.24, 2.45) is 0 Å². The lowest BCUT2D eigenvalue weighted by Gasteiger charge is -2.08. The van der Waals surface area contributed by atoms with E-state index >= 15 is 0 Å². The van der Waals surface area contributed by atoms with Gasteiger partial charge < -0.3 is 14.6 Å². The number of carbonyl (C=O) groups is 1. The average Bonchev–Trinajstić information content (AvgIpc) is 3.28. The second-order valence-corrected chi connectivity index (χ2v) is 8.37. The molecule has 0 aliphatic rings. The molecular weight excluding hydrogens is 436 g/mol. The third kappa shape index (κ3) is 5.46. The van der Waals surface area contributed by atoms with Gasteiger partial charge in [0.05, 0.1) is 12.3 Å². The van der Waals surface area contributed by atoms with E-state index in [1.165, 1.54) is 4.90 Å². The Kier molecular flexibility index (Phi) is 7.14. The minimum atomic E-state index is -0.178. The molecule has 4 rings (SSSR count). The zero-order chi connectivity index (χ0) is 23.2.